The Bertz CT molecular complexity index is 1420. The molecule has 2 aromatic heterocycles. The van der Waals surface area contributed by atoms with Gasteiger partial charge in [-0.15, -0.1) is 0 Å². The first-order valence-corrected chi connectivity index (χ1v) is 9.06. The van der Waals surface area contributed by atoms with Crippen molar-refractivity contribution in [3.63, 3.8) is 0 Å². The molecule has 2 amide bonds. The lowest BCUT2D eigenvalue weighted by Gasteiger charge is -2.11. The monoisotopic (exact) mass is 408 g/mol. The number of nitrogens with one attached hydrogen (secondary N) is 1. The molecule has 10 heteroatoms. The topological polar surface area (TPSA) is 162 Å². The molecule has 0 fully saturated rings. The SMILES string of the molecule is NC(=O)c1ccc2c(=O)c3c(-c4ccc([N+](=O)[O-])s4)c(C(N)=O)ccc3[nH]c2c1. The third-order valence-electron chi connectivity index (χ3n) is 4.53. The van der Waals surface area contributed by atoms with E-state index in [1.54, 1.807) is 0 Å². The summed E-state index contributed by atoms with van der Waals surface area (Å²) in [5, 5.41) is 11.4. The molecule has 0 aliphatic carbocycles. The Labute approximate surface area is 165 Å². The molecule has 0 unspecified atom stereocenters. The predicted molar refractivity (Wildman–Crippen MR) is 109 cm³/mol. The smallest absolute Gasteiger partial charge is 0.324 e. The third-order valence-corrected chi connectivity index (χ3v) is 5.59. The van der Waals surface area contributed by atoms with Crippen molar-refractivity contribution in [3.05, 3.63) is 73.9 Å². The molecule has 29 heavy (non-hydrogen) atoms. The number of nitro groups is 1. The number of carbonyl (C=O) groups excluding carboxylic acids is 2. The van der Waals surface area contributed by atoms with Crippen LogP contribution in [0.1, 0.15) is 20.7 Å². The van der Waals surface area contributed by atoms with Gasteiger partial charge in [0, 0.05) is 33.0 Å². The van der Waals surface area contributed by atoms with Crippen LogP contribution in [0, 0.1) is 10.1 Å². The highest BCUT2D eigenvalue weighted by atomic mass is 32.1. The zero-order valence-electron chi connectivity index (χ0n) is 14.6. The van der Waals surface area contributed by atoms with Crippen molar-refractivity contribution in [2.45, 2.75) is 0 Å². The van der Waals surface area contributed by atoms with Crippen molar-refractivity contribution >= 4 is 50.0 Å². The van der Waals surface area contributed by atoms with Gasteiger partial charge in [-0.2, -0.15) is 0 Å². The van der Waals surface area contributed by atoms with Gasteiger partial charge in [-0.05, 0) is 36.4 Å². The van der Waals surface area contributed by atoms with Gasteiger partial charge in [0.15, 0.2) is 5.43 Å². The van der Waals surface area contributed by atoms with Crippen molar-refractivity contribution in [1.82, 2.24) is 4.98 Å². The molecule has 0 radical (unpaired) electrons. The Hall–Kier alpha value is -4.05. The van der Waals surface area contributed by atoms with Gasteiger partial charge in [0.05, 0.1) is 21.3 Å². The summed E-state index contributed by atoms with van der Waals surface area (Å²) in [6, 6.07) is 10.1. The number of aromatic amines is 1. The Morgan fingerprint density at radius 3 is 2.38 bits per heavy atom. The maximum Gasteiger partial charge on any atom is 0.324 e. The maximum absolute atomic E-state index is 13.3. The summed E-state index contributed by atoms with van der Waals surface area (Å²) in [4.78, 5) is 50.7. The number of carbonyl (C=O) groups is 2. The number of fused-ring (bicyclic) bond motifs is 2. The molecule has 0 spiro atoms. The second kappa shape index (κ2) is 6.53. The number of amides is 2. The van der Waals surface area contributed by atoms with E-state index in [1.165, 1.54) is 42.5 Å². The largest absolute Gasteiger partial charge is 0.366 e. The fourth-order valence-electron chi connectivity index (χ4n) is 3.24. The second-order valence-corrected chi connectivity index (χ2v) is 7.31. The van der Waals surface area contributed by atoms with Gasteiger partial charge in [-0.25, -0.2) is 0 Å². The molecular formula is C19H12N4O5S. The lowest BCUT2D eigenvalue weighted by molar-refractivity contribution is -0.380. The average Bonchev–Trinajstić information content (AvgIpc) is 3.17. The molecule has 0 saturated carbocycles. The molecule has 2 heterocycles. The molecule has 9 nitrogen and oxygen atoms in total. The molecule has 4 aromatic rings. The van der Waals surface area contributed by atoms with Crippen molar-refractivity contribution in [3.8, 4) is 10.4 Å². The van der Waals surface area contributed by atoms with Crippen molar-refractivity contribution < 1.29 is 14.5 Å². The van der Waals surface area contributed by atoms with Crippen LogP contribution >= 0.6 is 11.3 Å². The summed E-state index contributed by atoms with van der Waals surface area (Å²) in [6.45, 7) is 0. The Morgan fingerprint density at radius 1 is 1.00 bits per heavy atom. The summed E-state index contributed by atoms with van der Waals surface area (Å²) in [5.74, 6) is -1.40. The highest BCUT2D eigenvalue weighted by molar-refractivity contribution is 7.18. The zero-order valence-corrected chi connectivity index (χ0v) is 15.4. The number of primary amides is 2. The summed E-state index contributed by atoms with van der Waals surface area (Å²) < 4.78 is 0. The van der Waals surface area contributed by atoms with Crippen LogP contribution in [0.15, 0.2) is 47.3 Å². The Morgan fingerprint density at radius 2 is 1.76 bits per heavy atom. The maximum atomic E-state index is 13.3. The van der Waals surface area contributed by atoms with E-state index in [1.807, 2.05) is 0 Å². The quantitative estimate of drug-likeness (QED) is 0.268. The van der Waals surface area contributed by atoms with Gasteiger partial charge in [-0.3, -0.25) is 24.5 Å². The summed E-state index contributed by atoms with van der Waals surface area (Å²) >= 11 is 0.840. The van der Waals surface area contributed by atoms with Crippen LogP contribution in [0.2, 0.25) is 0 Å². The average molecular weight is 408 g/mol. The van der Waals surface area contributed by atoms with E-state index < -0.39 is 22.2 Å². The number of nitrogens with zero attached hydrogens (tertiary/aromatic N) is 1. The predicted octanol–water partition coefficient (Wildman–Crippen LogP) is 2.52. The zero-order chi connectivity index (χ0) is 20.9. The van der Waals surface area contributed by atoms with Crippen LogP contribution in [-0.4, -0.2) is 21.7 Å². The lowest BCUT2D eigenvalue weighted by Crippen LogP contribution is -2.15. The number of pyridine rings is 1. The minimum absolute atomic E-state index is 0.0767. The van der Waals surface area contributed by atoms with E-state index in [4.69, 9.17) is 11.5 Å². The highest BCUT2D eigenvalue weighted by Crippen LogP contribution is 2.38. The number of aromatic nitrogens is 1. The van der Waals surface area contributed by atoms with Gasteiger partial charge in [-0.1, -0.05) is 11.3 Å². The molecule has 0 aliphatic rings. The number of nitrogens with two attached hydrogens (primary N) is 2. The van der Waals surface area contributed by atoms with E-state index in [2.05, 4.69) is 4.98 Å². The van der Waals surface area contributed by atoms with Gasteiger partial charge in [0.25, 0.3) is 0 Å². The van der Waals surface area contributed by atoms with Gasteiger partial charge >= 0.3 is 5.00 Å². The fraction of sp³-hybridized carbons (Fsp3) is 0. The minimum atomic E-state index is -0.762. The molecule has 0 atom stereocenters. The summed E-state index contributed by atoms with van der Waals surface area (Å²) in [5.41, 5.74) is 11.7. The summed E-state index contributed by atoms with van der Waals surface area (Å²) in [6.07, 6.45) is 0. The minimum Gasteiger partial charge on any atom is -0.366 e. The van der Waals surface area contributed by atoms with Crippen LogP contribution in [-0.2, 0) is 0 Å². The van der Waals surface area contributed by atoms with Crippen molar-refractivity contribution in [2.75, 3.05) is 0 Å². The summed E-state index contributed by atoms with van der Waals surface area (Å²) in [7, 11) is 0. The van der Waals surface area contributed by atoms with Crippen LogP contribution in [0.3, 0.4) is 0 Å². The van der Waals surface area contributed by atoms with Gasteiger partial charge in [0.1, 0.15) is 0 Å². The van der Waals surface area contributed by atoms with Gasteiger partial charge in [0.2, 0.25) is 11.8 Å². The molecular weight excluding hydrogens is 396 g/mol. The third kappa shape index (κ3) is 2.91. The van der Waals surface area contributed by atoms with E-state index in [0.717, 1.165) is 11.3 Å². The highest BCUT2D eigenvalue weighted by Gasteiger charge is 2.21. The van der Waals surface area contributed by atoms with Crippen molar-refractivity contribution in [2.24, 2.45) is 11.5 Å². The van der Waals surface area contributed by atoms with Crippen LogP contribution in [0.4, 0.5) is 5.00 Å². The number of benzene rings is 2. The first kappa shape index (κ1) is 18.3. The normalized spacial score (nSPS) is 11.0. The number of H-pyrrole nitrogens is 1. The molecule has 0 bridgehead atoms. The molecule has 0 aliphatic heterocycles. The first-order chi connectivity index (χ1) is 13.8. The molecule has 144 valence electrons. The Balaban J connectivity index is 2.14. The van der Waals surface area contributed by atoms with Crippen LogP contribution < -0.4 is 16.9 Å². The number of thiophene rings is 1. The van der Waals surface area contributed by atoms with Crippen molar-refractivity contribution in [1.29, 1.82) is 0 Å². The van der Waals surface area contributed by atoms with E-state index in [0.29, 0.717) is 15.9 Å². The number of hydrogen-bond acceptors (Lipinski definition) is 6. The lowest BCUT2D eigenvalue weighted by atomic mass is 9.97. The van der Waals surface area contributed by atoms with Crippen LogP contribution in [0.25, 0.3) is 32.2 Å². The molecule has 0 saturated heterocycles. The van der Waals surface area contributed by atoms with E-state index in [9.17, 15) is 24.5 Å². The molecule has 2 aromatic carbocycles. The first-order valence-electron chi connectivity index (χ1n) is 8.25. The Kier molecular flexibility index (Phi) is 4.13. The van der Waals surface area contributed by atoms with Gasteiger partial charge < -0.3 is 16.5 Å². The number of hydrogen-bond donors (Lipinski definition) is 3. The van der Waals surface area contributed by atoms with E-state index in [-0.39, 0.29) is 32.5 Å². The van der Waals surface area contributed by atoms with Crippen LogP contribution in [0.5, 0.6) is 0 Å². The van der Waals surface area contributed by atoms with E-state index >= 15 is 0 Å². The second-order valence-electron chi connectivity index (χ2n) is 6.25. The molecule has 5 N–H and O–H groups in total. The fourth-order valence-corrected chi connectivity index (χ4v) is 4.13. The molecule has 4 rings (SSSR count). The standard InChI is InChI=1S/C19H12N4O5S/c20-18(25)8-1-2-9-12(7-8)22-11-4-3-10(19(21)26)15(16(11)17(9)24)13-5-6-14(29-13)23(27)28/h1-7H,(H2,20,25)(H2,21,26)(H,22,24). The number of rotatable bonds is 4.